The second-order valence-electron chi connectivity index (χ2n) is 23.6. The van der Waals surface area contributed by atoms with Gasteiger partial charge in [0.05, 0.1) is 25.4 Å². The van der Waals surface area contributed by atoms with E-state index in [4.69, 9.17) is 18.9 Å². The van der Waals surface area contributed by atoms with Crippen molar-refractivity contribution in [2.45, 2.75) is 348 Å². The van der Waals surface area contributed by atoms with E-state index in [9.17, 15) is 0 Å². The summed E-state index contributed by atoms with van der Waals surface area (Å²) in [6.45, 7) is 21.5. The molecule has 4 N–H and O–H groups in total. The van der Waals surface area contributed by atoms with Crippen LogP contribution < -0.4 is 21.3 Å². The molecule has 0 rings (SSSR count). The number of hydrogen-bond acceptors (Lipinski definition) is 8. The molecule has 0 saturated carbocycles. The van der Waals surface area contributed by atoms with Gasteiger partial charge in [0.2, 0.25) is 0 Å². The molecule has 0 bridgehead atoms. The molecule has 2 atom stereocenters. The van der Waals surface area contributed by atoms with E-state index in [0.29, 0.717) is 13.2 Å². The number of hydrogen-bond donors (Lipinski definition) is 4. The standard InChI is InChI=1S/C68H142N4O4/c1-5-9-13-17-21-25-29-33-37-41-45-49-59-73-65-67(75-61-51-47-43-39-35-31-27-23-19-15-11-7-3)63-71-57-55-69-53-54-70-56-58-72-64-68(76-62-52-48-44-40-36-32-28-24-20-16-12-8-4)66-74-60-50-46-42-38-34-30-26-22-18-14-10-6-2/h67-72H,5-66H2,1-4H3. The Balaban J connectivity index is 4.37. The van der Waals surface area contributed by atoms with E-state index in [2.05, 4.69) is 49.0 Å². The van der Waals surface area contributed by atoms with E-state index in [1.54, 1.807) is 0 Å². The first kappa shape index (κ1) is 75.7. The zero-order chi connectivity index (χ0) is 54.7. The van der Waals surface area contributed by atoms with Gasteiger partial charge in [-0.05, 0) is 25.7 Å². The molecule has 76 heavy (non-hydrogen) atoms. The average Bonchev–Trinajstić information content (AvgIpc) is 3.43. The lowest BCUT2D eigenvalue weighted by Gasteiger charge is -2.19. The van der Waals surface area contributed by atoms with Crippen LogP contribution in [0.5, 0.6) is 0 Å². The minimum atomic E-state index is 0.129. The summed E-state index contributed by atoms with van der Waals surface area (Å²) in [5.41, 5.74) is 0. The molecule has 0 aromatic heterocycles. The number of rotatable bonds is 71. The van der Waals surface area contributed by atoms with Gasteiger partial charge in [0.15, 0.2) is 0 Å². The molecule has 0 aromatic rings. The molecule has 0 spiro atoms. The lowest BCUT2D eigenvalue weighted by atomic mass is 10.1. The van der Waals surface area contributed by atoms with Crippen molar-refractivity contribution < 1.29 is 18.9 Å². The normalized spacial score (nSPS) is 12.6. The summed E-state index contributed by atoms with van der Waals surface area (Å²) in [5, 5.41) is 14.6. The molecule has 0 aliphatic heterocycles. The van der Waals surface area contributed by atoms with E-state index in [1.807, 2.05) is 0 Å². The molecule has 2 unspecified atom stereocenters. The van der Waals surface area contributed by atoms with Crippen molar-refractivity contribution in [2.24, 2.45) is 0 Å². The Bertz CT molecular complexity index is 919. The van der Waals surface area contributed by atoms with Crippen molar-refractivity contribution in [1.29, 1.82) is 0 Å². The monoisotopic (exact) mass is 1080 g/mol. The maximum atomic E-state index is 6.43. The van der Waals surface area contributed by atoms with E-state index >= 15 is 0 Å². The van der Waals surface area contributed by atoms with Crippen LogP contribution >= 0.6 is 0 Å². The van der Waals surface area contributed by atoms with Gasteiger partial charge in [0.25, 0.3) is 0 Å². The number of ether oxygens (including phenoxy) is 4. The van der Waals surface area contributed by atoms with E-state index in [0.717, 1.165) is 91.6 Å². The topological polar surface area (TPSA) is 85.0 Å². The summed E-state index contributed by atoms with van der Waals surface area (Å²) >= 11 is 0. The van der Waals surface area contributed by atoms with Gasteiger partial charge < -0.3 is 40.2 Å². The summed E-state index contributed by atoms with van der Waals surface area (Å²) in [7, 11) is 0. The van der Waals surface area contributed by atoms with Gasteiger partial charge in [0, 0.05) is 78.8 Å². The van der Waals surface area contributed by atoms with Gasteiger partial charge in [-0.25, -0.2) is 0 Å². The molecular formula is C68H142N4O4. The van der Waals surface area contributed by atoms with Crippen molar-refractivity contribution in [2.75, 3.05) is 92.0 Å². The quantitative estimate of drug-likeness (QED) is 0.0449. The first-order valence-corrected chi connectivity index (χ1v) is 35.0. The fraction of sp³-hybridized carbons (Fsp3) is 1.00. The fourth-order valence-electron chi connectivity index (χ4n) is 10.5. The Kier molecular flexibility index (Phi) is 70.5. The maximum Gasteiger partial charge on any atom is 0.0932 e. The molecule has 0 aliphatic rings. The van der Waals surface area contributed by atoms with Crippen LogP contribution in [-0.2, 0) is 18.9 Å². The first-order valence-electron chi connectivity index (χ1n) is 35.0. The van der Waals surface area contributed by atoms with Crippen LogP contribution in [0.1, 0.15) is 336 Å². The predicted octanol–water partition coefficient (Wildman–Crippen LogP) is 19.0. The molecule has 8 nitrogen and oxygen atoms in total. The summed E-state index contributed by atoms with van der Waals surface area (Å²) in [4.78, 5) is 0. The third-order valence-electron chi connectivity index (χ3n) is 15.8. The zero-order valence-corrected chi connectivity index (χ0v) is 52.6. The Hall–Kier alpha value is -0.320. The summed E-state index contributed by atoms with van der Waals surface area (Å²) in [6.07, 6.45) is 66.3. The molecule has 0 saturated heterocycles. The van der Waals surface area contributed by atoms with E-state index in [-0.39, 0.29) is 12.2 Å². The van der Waals surface area contributed by atoms with Gasteiger partial charge >= 0.3 is 0 Å². The Morgan fingerprint density at radius 3 is 0.618 bits per heavy atom. The van der Waals surface area contributed by atoms with E-state index < -0.39 is 0 Å². The first-order chi connectivity index (χ1) is 37.8. The van der Waals surface area contributed by atoms with Crippen molar-refractivity contribution in [1.82, 2.24) is 21.3 Å². The second kappa shape index (κ2) is 70.8. The lowest BCUT2D eigenvalue weighted by Crippen LogP contribution is -2.39. The molecular weight excluding hydrogens is 937 g/mol. The van der Waals surface area contributed by atoms with Crippen LogP contribution in [0, 0.1) is 0 Å². The maximum absolute atomic E-state index is 6.43. The van der Waals surface area contributed by atoms with Crippen molar-refractivity contribution in [3.05, 3.63) is 0 Å². The Labute approximate surface area is 478 Å². The SMILES string of the molecule is CCCCCCCCCCCCCCOCC(CNCCNCCNCCNCC(COCCCCCCCCCCCCCC)OCCCCCCCCCCCCCC)OCCCCCCCCCCCCCC. The molecule has 458 valence electrons. The highest BCUT2D eigenvalue weighted by Crippen LogP contribution is 2.16. The third-order valence-corrected chi connectivity index (χ3v) is 15.8. The summed E-state index contributed by atoms with van der Waals surface area (Å²) in [5.74, 6) is 0. The number of unbranched alkanes of at least 4 members (excludes halogenated alkanes) is 44. The minimum absolute atomic E-state index is 0.129. The molecule has 0 aliphatic carbocycles. The molecule has 8 heteroatoms. The van der Waals surface area contributed by atoms with Gasteiger partial charge in [-0.15, -0.1) is 0 Å². The van der Waals surface area contributed by atoms with Crippen molar-refractivity contribution in [3.63, 3.8) is 0 Å². The highest BCUT2D eigenvalue weighted by atomic mass is 16.5. The molecule has 0 heterocycles. The van der Waals surface area contributed by atoms with Gasteiger partial charge in [-0.3, -0.25) is 0 Å². The molecule has 0 amide bonds. The molecule has 0 aromatic carbocycles. The molecule has 0 fully saturated rings. The zero-order valence-electron chi connectivity index (χ0n) is 52.6. The number of nitrogens with one attached hydrogen (secondary N) is 4. The third kappa shape index (κ3) is 66.2. The van der Waals surface area contributed by atoms with Crippen LogP contribution in [0.3, 0.4) is 0 Å². The van der Waals surface area contributed by atoms with Crippen LogP contribution in [-0.4, -0.2) is 104 Å². The molecule has 0 radical (unpaired) electrons. The largest absolute Gasteiger partial charge is 0.379 e. The highest BCUT2D eigenvalue weighted by molar-refractivity contribution is 4.66. The predicted molar refractivity (Wildman–Crippen MR) is 337 cm³/mol. The van der Waals surface area contributed by atoms with Crippen LogP contribution in [0.2, 0.25) is 0 Å². The average molecular weight is 1080 g/mol. The summed E-state index contributed by atoms with van der Waals surface area (Å²) in [6, 6.07) is 0. The van der Waals surface area contributed by atoms with Gasteiger partial charge in [0.1, 0.15) is 0 Å². The van der Waals surface area contributed by atoms with Crippen molar-refractivity contribution >= 4 is 0 Å². The Morgan fingerprint density at radius 1 is 0.211 bits per heavy atom. The van der Waals surface area contributed by atoms with Crippen LogP contribution in [0.15, 0.2) is 0 Å². The van der Waals surface area contributed by atoms with Crippen molar-refractivity contribution in [3.8, 4) is 0 Å². The van der Waals surface area contributed by atoms with Crippen LogP contribution in [0.25, 0.3) is 0 Å². The smallest absolute Gasteiger partial charge is 0.0932 e. The Morgan fingerprint density at radius 2 is 0.395 bits per heavy atom. The lowest BCUT2D eigenvalue weighted by molar-refractivity contribution is -0.0174. The van der Waals surface area contributed by atoms with Gasteiger partial charge in [-0.1, -0.05) is 310 Å². The van der Waals surface area contributed by atoms with E-state index in [1.165, 1.54) is 295 Å². The van der Waals surface area contributed by atoms with Crippen LogP contribution in [0.4, 0.5) is 0 Å². The van der Waals surface area contributed by atoms with Gasteiger partial charge in [-0.2, -0.15) is 0 Å². The second-order valence-corrected chi connectivity index (χ2v) is 23.6. The fourth-order valence-corrected chi connectivity index (χ4v) is 10.5. The highest BCUT2D eigenvalue weighted by Gasteiger charge is 2.11. The summed E-state index contributed by atoms with van der Waals surface area (Å²) < 4.78 is 25.3. The minimum Gasteiger partial charge on any atom is -0.379 e.